The maximum absolute atomic E-state index is 12.1. The molecule has 1 aromatic carbocycles. The van der Waals surface area contributed by atoms with Crippen LogP contribution in [0.3, 0.4) is 0 Å². The molecule has 0 unspecified atom stereocenters. The first-order valence-electron chi connectivity index (χ1n) is 9.55. The molecule has 4 rings (SSSR count). The molecule has 7 nitrogen and oxygen atoms in total. The fourth-order valence-corrected chi connectivity index (χ4v) is 3.36. The highest BCUT2D eigenvalue weighted by atomic mass is 32.1. The van der Waals surface area contributed by atoms with Gasteiger partial charge in [0, 0.05) is 34.6 Å². The van der Waals surface area contributed by atoms with Crippen molar-refractivity contribution in [1.29, 1.82) is 0 Å². The number of nitrogens with zero attached hydrogens (tertiary/aromatic N) is 3. The van der Waals surface area contributed by atoms with Gasteiger partial charge in [0.05, 0.1) is 0 Å². The molecule has 31 heavy (non-hydrogen) atoms. The van der Waals surface area contributed by atoms with Gasteiger partial charge in [-0.2, -0.15) is 0 Å². The summed E-state index contributed by atoms with van der Waals surface area (Å²) in [6, 6.07) is 17.0. The second-order valence-corrected chi connectivity index (χ2v) is 7.65. The summed E-state index contributed by atoms with van der Waals surface area (Å²) in [5, 5.41) is 11.2. The van der Waals surface area contributed by atoms with Gasteiger partial charge in [-0.05, 0) is 66.4 Å². The second kappa shape index (κ2) is 9.64. The highest BCUT2D eigenvalue weighted by molar-refractivity contribution is 7.10. The van der Waals surface area contributed by atoms with Crippen LogP contribution in [0.25, 0.3) is 6.08 Å². The SMILES string of the molecule is Cc1ccnc(Nc2cc(Nc3ccc(NC(=O)/C=C/c4cccs4)cc3)ncn2)c1. The zero-order chi connectivity index (χ0) is 21.5. The van der Waals surface area contributed by atoms with Gasteiger partial charge in [-0.15, -0.1) is 11.3 Å². The minimum absolute atomic E-state index is 0.176. The lowest BCUT2D eigenvalue weighted by molar-refractivity contribution is -0.111. The van der Waals surface area contributed by atoms with Crippen molar-refractivity contribution >= 4 is 52.1 Å². The van der Waals surface area contributed by atoms with Crippen molar-refractivity contribution in [3.63, 3.8) is 0 Å². The molecule has 4 aromatic rings. The number of hydrogen-bond acceptors (Lipinski definition) is 7. The normalized spacial score (nSPS) is 10.7. The van der Waals surface area contributed by atoms with Crippen LogP contribution in [0.5, 0.6) is 0 Å². The second-order valence-electron chi connectivity index (χ2n) is 6.67. The molecule has 0 radical (unpaired) electrons. The predicted molar refractivity (Wildman–Crippen MR) is 126 cm³/mol. The minimum atomic E-state index is -0.176. The maximum Gasteiger partial charge on any atom is 0.248 e. The third-order valence-corrected chi connectivity index (χ3v) is 5.04. The van der Waals surface area contributed by atoms with E-state index in [9.17, 15) is 4.79 Å². The van der Waals surface area contributed by atoms with Gasteiger partial charge in [0.25, 0.3) is 0 Å². The van der Waals surface area contributed by atoms with E-state index < -0.39 is 0 Å². The molecule has 0 aliphatic rings. The first-order chi connectivity index (χ1) is 15.1. The third-order valence-electron chi connectivity index (χ3n) is 4.21. The molecular weight excluding hydrogens is 408 g/mol. The van der Waals surface area contributed by atoms with Crippen LogP contribution < -0.4 is 16.0 Å². The molecule has 3 heterocycles. The lowest BCUT2D eigenvalue weighted by atomic mass is 10.2. The van der Waals surface area contributed by atoms with Crippen LogP contribution >= 0.6 is 11.3 Å². The molecule has 3 N–H and O–H groups in total. The number of benzene rings is 1. The number of hydrogen-bond donors (Lipinski definition) is 3. The van der Waals surface area contributed by atoms with Gasteiger partial charge in [-0.25, -0.2) is 15.0 Å². The molecule has 8 heteroatoms. The summed E-state index contributed by atoms with van der Waals surface area (Å²) in [7, 11) is 0. The summed E-state index contributed by atoms with van der Waals surface area (Å²) in [5.41, 5.74) is 2.66. The first kappa shape index (κ1) is 20.2. The largest absolute Gasteiger partial charge is 0.340 e. The Labute approximate surface area is 183 Å². The van der Waals surface area contributed by atoms with E-state index >= 15 is 0 Å². The molecule has 1 amide bonds. The molecule has 0 aliphatic carbocycles. The van der Waals surface area contributed by atoms with Gasteiger partial charge in [0.1, 0.15) is 23.8 Å². The quantitative estimate of drug-likeness (QED) is 0.342. The monoisotopic (exact) mass is 428 g/mol. The maximum atomic E-state index is 12.1. The van der Waals surface area contributed by atoms with Gasteiger partial charge in [0.15, 0.2) is 0 Å². The Morgan fingerprint density at radius 2 is 1.65 bits per heavy atom. The van der Waals surface area contributed by atoms with Crippen molar-refractivity contribution in [1.82, 2.24) is 15.0 Å². The van der Waals surface area contributed by atoms with E-state index in [1.807, 2.05) is 60.8 Å². The van der Waals surface area contributed by atoms with Crippen molar-refractivity contribution in [2.75, 3.05) is 16.0 Å². The van der Waals surface area contributed by atoms with Gasteiger partial charge in [-0.1, -0.05) is 6.07 Å². The number of thiophene rings is 1. The summed E-state index contributed by atoms with van der Waals surface area (Å²) in [6.45, 7) is 2.01. The van der Waals surface area contributed by atoms with Crippen molar-refractivity contribution in [2.24, 2.45) is 0 Å². The molecule has 0 spiro atoms. The topological polar surface area (TPSA) is 91.8 Å². The molecule has 0 aliphatic heterocycles. The number of carbonyl (C=O) groups excluding carboxylic acids is 1. The van der Waals surface area contributed by atoms with Crippen LogP contribution in [0.4, 0.5) is 28.8 Å². The number of nitrogens with one attached hydrogen (secondary N) is 3. The molecule has 3 aromatic heterocycles. The van der Waals surface area contributed by atoms with Gasteiger partial charge in [0.2, 0.25) is 5.91 Å². The van der Waals surface area contributed by atoms with E-state index in [1.165, 1.54) is 12.4 Å². The highest BCUT2D eigenvalue weighted by Crippen LogP contribution is 2.20. The van der Waals surface area contributed by atoms with Crippen molar-refractivity contribution in [3.8, 4) is 0 Å². The Balaban J connectivity index is 1.36. The average molecular weight is 429 g/mol. The van der Waals surface area contributed by atoms with E-state index in [2.05, 4.69) is 30.9 Å². The smallest absolute Gasteiger partial charge is 0.248 e. The third kappa shape index (κ3) is 5.97. The van der Waals surface area contributed by atoms with Crippen LogP contribution in [0.15, 0.2) is 78.6 Å². The van der Waals surface area contributed by atoms with Crippen LogP contribution in [-0.4, -0.2) is 20.9 Å². The molecule has 154 valence electrons. The number of anilines is 5. The van der Waals surface area contributed by atoms with Gasteiger partial charge < -0.3 is 16.0 Å². The highest BCUT2D eigenvalue weighted by Gasteiger charge is 2.03. The fourth-order valence-electron chi connectivity index (χ4n) is 2.74. The summed E-state index contributed by atoms with van der Waals surface area (Å²) in [4.78, 5) is 25.9. The number of aromatic nitrogens is 3. The minimum Gasteiger partial charge on any atom is -0.340 e. The number of pyridine rings is 1. The molecule has 0 saturated carbocycles. The van der Waals surface area contributed by atoms with Crippen LogP contribution in [0.2, 0.25) is 0 Å². The van der Waals surface area contributed by atoms with E-state index in [-0.39, 0.29) is 5.91 Å². The zero-order valence-electron chi connectivity index (χ0n) is 16.7. The summed E-state index contributed by atoms with van der Waals surface area (Å²) in [5.74, 6) is 1.82. The van der Waals surface area contributed by atoms with Crippen molar-refractivity contribution < 1.29 is 4.79 Å². The number of carbonyl (C=O) groups is 1. The van der Waals surface area contributed by atoms with Crippen molar-refractivity contribution in [3.05, 3.63) is 89.0 Å². The van der Waals surface area contributed by atoms with Gasteiger partial charge >= 0.3 is 0 Å². The molecular formula is C23H20N6OS. The Kier molecular flexibility index (Phi) is 6.29. The Hall–Kier alpha value is -4.04. The lowest BCUT2D eigenvalue weighted by Gasteiger charge is -2.09. The van der Waals surface area contributed by atoms with E-state index in [0.717, 1.165) is 21.9 Å². The molecule has 0 bridgehead atoms. The van der Waals surface area contributed by atoms with Gasteiger partial charge in [-0.3, -0.25) is 4.79 Å². The van der Waals surface area contributed by atoms with E-state index in [0.29, 0.717) is 17.3 Å². The Bertz CT molecular complexity index is 1190. The van der Waals surface area contributed by atoms with E-state index in [1.54, 1.807) is 29.7 Å². The standard InChI is InChI=1S/C23H20N6OS/c1-16-10-11-24-20(13-16)29-22-14-21(25-15-26-22)27-17-4-6-18(7-5-17)28-23(30)9-8-19-3-2-12-31-19/h2-15H,1H3,(H,28,30)(H2,24,25,26,27,29)/b9-8+. The average Bonchev–Trinajstić information content (AvgIpc) is 3.28. The Morgan fingerprint density at radius 3 is 2.39 bits per heavy atom. The first-order valence-corrected chi connectivity index (χ1v) is 10.4. The number of aryl methyl sites for hydroxylation is 1. The van der Waals surface area contributed by atoms with Crippen LogP contribution in [0, 0.1) is 6.92 Å². The number of amides is 1. The van der Waals surface area contributed by atoms with Crippen molar-refractivity contribution in [2.45, 2.75) is 6.92 Å². The lowest BCUT2D eigenvalue weighted by Crippen LogP contribution is -2.07. The fraction of sp³-hybridized carbons (Fsp3) is 0.0435. The molecule has 0 atom stereocenters. The summed E-state index contributed by atoms with van der Waals surface area (Å²) >= 11 is 1.58. The Morgan fingerprint density at radius 1 is 0.903 bits per heavy atom. The van der Waals surface area contributed by atoms with Crippen LogP contribution in [-0.2, 0) is 4.79 Å². The zero-order valence-corrected chi connectivity index (χ0v) is 17.6. The molecule has 0 saturated heterocycles. The van der Waals surface area contributed by atoms with Crippen LogP contribution in [0.1, 0.15) is 10.4 Å². The molecule has 0 fully saturated rings. The summed E-state index contributed by atoms with van der Waals surface area (Å²) < 4.78 is 0. The number of rotatable bonds is 7. The van der Waals surface area contributed by atoms with E-state index in [4.69, 9.17) is 0 Å². The summed E-state index contributed by atoms with van der Waals surface area (Å²) in [6.07, 6.45) is 6.55. The predicted octanol–water partition coefficient (Wildman–Crippen LogP) is 5.38.